The molecule has 86 valence electrons. The first kappa shape index (κ1) is 10.8. The molecule has 0 bridgehead atoms. The Balaban J connectivity index is 1.86. The van der Waals surface area contributed by atoms with Crippen LogP contribution >= 0.6 is 0 Å². The number of aryl methyl sites for hydroxylation is 3. The SMILES string of the molecule is Cc1cc(CNCc2noc(C)n2)n(C)n1. The summed E-state index contributed by atoms with van der Waals surface area (Å²) >= 11 is 0. The predicted molar refractivity (Wildman–Crippen MR) is 57.5 cm³/mol. The van der Waals surface area contributed by atoms with E-state index in [0.717, 1.165) is 17.9 Å². The largest absolute Gasteiger partial charge is 0.340 e. The van der Waals surface area contributed by atoms with Gasteiger partial charge in [0.2, 0.25) is 5.89 Å². The van der Waals surface area contributed by atoms with Crippen LogP contribution in [0.1, 0.15) is 23.1 Å². The highest BCUT2D eigenvalue weighted by molar-refractivity contribution is 5.08. The van der Waals surface area contributed by atoms with Crippen LogP contribution in [-0.4, -0.2) is 19.9 Å². The third-order valence-corrected chi connectivity index (χ3v) is 2.26. The summed E-state index contributed by atoms with van der Waals surface area (Å²) in [4.78, 5) is 4.11. The van der Waals surface area contributed by atoms with Crippen LogP contribution in [0.15, 0.2) is 10.6 Å². The minimum absolute atomic E-state index is 0.591. The molecular weight excluding hydrogens is 206 g/mol. The zero-order chi connectivity index (χ0) is 11.5. The first-order valence-corrected chi connectivity index (χ1v) is 5.14. The van der Waals surface area contributed by atoms with Crippen molar-refractivity contribution in [2.24, 2.45) is 7.05 Å². The summed E-state index contributed by atoms with van der Waals surface area (Å²) in [6.45, 7) is 5.10. The number of nitrogens with one attached hydrogen (secondary N) is 1. The van der Waals surface area contributed by atoms with Crippen molar-refractivity contribution in [2.45, 2.75) is 26.9 Å². The number of rotatable bonds is 4. The number of aromatic nitrogens is 4. The van der Waals surface area contributed by atoms with Crippen molar-refractivity contribution in [3.05, 3.63) is 29.2 Å². The molecule has 0 aliphatic rings. The van der Waals surface area contributed by atoms with E-state index in [1.165, 1.54) is 0 Å². The van der Waals surface area contributed by atoms with Crippen molar-refractivity contribution < 1.29 is 4.52 Å². The Bertz CT molecular complexity index is 473. The third kappa shape index (κ3) is 2.46. The molecule has 2 rings (SSSR count). The molecule has 0 unspecified atom stereocenters. The van der Waals surface area contributed by atoms with Gasteiger partial charge in [-0.15, -0.1) is 0 Å². The molecule has 1 N–H and O–H groups in total. The van der Waals surface area contributed by atoms with E-state index < -0.39 is 0 Å². The van der Waals surface area contributed by atoms with Gasteiger partial charge < -0.3 is 9.84 Å². The number of hydrogen-bond donors (Lipinski definition) is 1. The smallest absolute Gasteiger partial charge is 0.223 e. The van der Waals surface area contributed by atoms with E-state index in [2.05, 4.69) is 26.6 Å². The fraction of sp³-hybridized carbons (Fsp3) is 0.500. The second-order valence-electron chi connectivity index (χ2n) is 3.73. The van der Waals surface area contributed by atoms with Crippen LogP contribution in [0.5, 0.6) is 0 Å². The minimum Gasteiger partial charge on any atom is -0.340 e. The minimum atomic E-state index is 0.591. The molecule has 0 amide bonds. The Kier molecular flexibility index (Phi) is 3.00. The summed E-state index contributed by atoms with van der Waals surface area (Å²) in [6.07, 6.45) is 0. The summed E-state index contributed by atoms with van der Waals surface area (Å²) in [5.74, 6) is 1.27. The average Bonchev–Trinajstić information content (AvgIpc) is 2.74. The van der Waals surface area contributed by atoms with E-state index in [1.807, 2.05) is 18.7 Å². The molecule has 0 aromatic carbocycles. The molecule has 2 heterocycles. The lowest BCUT2D eigenvalue weighted by molar-refractivity contribution is 0.385. The Labute approximate surface area is 93.7 Å². The van der Waals surface area contributed by atoms with Crippen LogP contribution in [0, 0.1) is 13.8 Å². The zero-order valence-electron chi connectivity index (χ0n) is 9.69. The lowest BCUT2D eigenvalue weighted by Crippen LogP contribution is -2.16. The highest BCUT2D eigenvalue weighted by Gasteiger charge is 2.04. The lowest BCUT2D eigenvalue weighted by atomic mass is 10.3. The van der Waals surface area contributed by atoms with Crippen molar-refractivity contribution in [2.75, 3.05) is 0 Å². The zero-order valence-corrected chi connectivity index (χ0v) is 9.69. The Hall–Kier alpha value is -1.69. The van der Waals surface area contributed by atoms with Crippen molar-refractivity contribution in [3.8, 4) is 0 Å². The molecule has 2 aromatic heterocycles. The van der Waals surface area contributed by atoms with Gasteiger partial charge in [0.25, 0.3) is 0 Å². The molecule has 6 heteroatoms. The highest BCUT2D eigenvalue weighted by Crippen LogP contribution is 2.01. The van der Waals surface area contributed by atoms with Gasteiger partial charge in [0.05, 0.1) is 17.9 Å². The van der Waals surface area contributed by atoms with Crippen molar-refractivity contribution in [3.63, 3.8) is 0 Å². The summed E-state index contributed by atoms with van der Waals surface area (Å²) in [7, 11) is 1.93. The first-order chi connectivity index (χ1) is 7.65. The van der Waals surface area contributed by atoms with Crippen LogP contribution in [-0.2, 0) is 20.1 Å². The maximum atomic E-state index is 4.88. The van der Waals surface area contributed by atoms with Crippen molar-refractivity contribution >= 4 is 0 Å². The number of hydrogen-bond acceptors (Lipinski definition) is 5. The fourth-order valence-electron chi connectivity index (χ4n) is 1.55. The molecule has 0 fully saturated rings. The maximum absolute atomic E-state index is 4.88. The summed E-state index contributed by atoms with van der Waals surface area (Å²) in [5, 5.41) is 11.3. The molecule has 0 aliphatic heterocycles. The van der Waals surface area contributed by atoms with Gasteiger partial charge >= 0.3 is 0 Å². The van der Waals surface area contributed by atoms with Gasteiger partial charge in [-0.25, -0.2) is 0 Å². The highest BCUT2D eigenvalue weighted by atomic mass is 16.5. The van der Waals surface area contributed by atoms with Gasteiger partial charge in [-0.1, -0.05) is 5.16 Å². The molecule has 0 saturated heterocycles. The summed E-state index contributed by atoms with van der Waals surface area (Å²) < 4.78 is 6.74. The molecular formula is C10H15N5O. The van der Waals surface area contributed by atoms with Gasteiger partial charge in [-0.3, -0.25) is 4.68 Å². The van der Waals surface area contributed by atoms with E-state index >= 15 is 0 Å². The van der Waals surface area contributed by atoms with Crippen LogP contribution in [0.2, 0.25) is 0 Å². The quantitative estimate of drug-likeness (QED) is 0.823. The normalized spacial score (nSPS) is 10.9. The van der Waals surface area contributed by atoms with Gasteiger partial charge in [0.15, 0.2) is 5.82 Å². The lowest BCUT2D eigenvalue weighted by Gasteiger charge is -2.01. The molecule has 2 aromatic rings. The van der Waals surface area contributed by atoms with E-state index in [9.17, 15) is 0 Å². The molecule has 0 aliphatic carbocycles. The monoisotopic (exact) mass is 221 g/mol. The Morgan fingerprint density at radius 2 is 2.19 bits per heavy atom. The van der Waals surface area contributed by atoms with Gasteiger partial charge in [0, 0.05) is 20.5 Å². The maximum Gasteiger partial charge on any atom is 0.223 e. The van der Waals surface area contributed by atoms with E-state index in [-0.39, 0.29) is 0 Å². The van der Waals surface area contributed by atoms with Gasteiger partial charge in [-0.05, 0) is 13.0 Å². The van der Waals surface area contributed by atoms with Gasteiger partial charge in [-0.2, -0.15) is 10.1 Å². The molecule has 0 radical (unpaired) electrons. The standard InChI is InChI=1S/C10H15N5O/c1-7-4-9(15(3)13-7)5-11-6-10-12-8(2)16-14-10/h4,11H,5-6H2,1-3H3. The molecule has 0 saturated carbocycles. The second kappa shape index (κ2) is 4.44. The van der Waals surface area contributed by atoms with Crippen LogP contribution in [0.25, 0.3) is 0 Å². The van der Waals surface area contributed by atoms with Crippen LogP contribution < -0.4 is 5.32 Å². The molecule has 0 spiro atoms. The molecule has 6 nitrogen and oxygen atoms in total. The topological polar surface area (TPSA) is 68.8 Å². The Morgan fingerprint density at radius 1 is 1.38 bits per heavy atom. The second-order valence-corrected chi connectivity index (χ2v) is 3.73. The third-order valence-electron chi connectivity index (χ3n) is 2.26. The molecule has 16 heavy (non-hydrogen) atoms. The van der Waals surface area contributed by atoms with E-state index in [0.29, 0.717) is 18.3 Å². The van der Waals surface area contributed by atoms with Crippen LogP contribution in [0.3, 0.4) is 0 Å². The number of nitrogens with zero attached hydrogens (tertiary/aromatic N) is 4. The summed E-state index contributed by atoms with van der Waals surface area (Å²) in [5.41, 5.74) is 2.16. The van der Waals surface area contributed by atoms with E-state index in [1.54, 1.807) is 6.92 Å². The van der Waals surface area contributed by atoms with E-state index in [4.69, 9.17) is 4.52 Å². The fourth-order valence-corrected chi connectivity index (χ4v) is 1.55. The van der Waals surface area contributed by atoms with Crippen LogP contribution in [0.4, 0.5) is 0 Å². The summed E-state index contributed by atoms with van der Waals surface area (Å²) in [6, 6.07) is 2.05. The molecule has 0 atom stereocenters. The van der Waals surface area contributed by atoms with Crippen molar-refractivity contribution in [1.82, 2.24) is 25.2 Å². The Morgan fingerprint density at radius 3 is 2.75 bits per heavy atom. The van der Waals surface area contributed by atoms with Gasteiger partial charge in [0.1, 0.15) is 0 Å². The average molecular weight is 221 g/mol. The first-order valence-electron chi connectivity index (χ1n) is 5.14. The van der Waals surface area contributed by atoms with Crippen molar-refractivity contribution in [1.29, 1.82) is 0 Å². The predicted octanol–water partition coefficient (Wildman–Crippen LogP) is 0.710.